The minimum absolute atomic E-state index is 0.0268. The third-order valence-corrected chi connectivity index (χ3v) is 7.76. The maximum Gasteiger partial charge on any atom is 0.338 e. The summed E-state index contributed by atoms with van der Waals surface area (Å²) in [5.74, 6) is -2.22. The van der Waals surface area contributed by atoms with Gasteiger partial charge in [-0.3, -0.25) is 0 Å². The monoisotopic (exact) mass is 608 g/mol. The zero-order chi connectivity index (χ0) is 32.3. The zero-order valence-electron chi connectivity index (χ0n) is 25.2. The Labute approximate surface area is 260 Å². The van der Waals surface area contributed by atoms with Crippen LogP contribution in [0.15, 0.2) is 83.5 Å². The van der Waals surface area contributed by atoms with E-state index < -0.39 is 41.8 Å². The predicted molar refractivity (Wildman–Crippen MR) is 162 cm³/mol. The van der Waals surface area contributed by atoms with Crippen LogP contribution >= 0.6 is 0 Å². The number of aryl methyl sites for hydroxylation is 3. The Morgan fingerprint density at radius 2 is 1.31 bits per heavy atom. The number of furan rings is 1. The minimum atomic E-state index is -1.73. The van der Waals surface area contributed by atoms with Crippen LogP contribution in [-0.2, 0) is 18.9 Å². The van der Waals surface area contributed by atoms with Gasteiger partial charge in [0.15, 0.2) is 11.7 Å². The van der Waals surface area contributed by atoms with Gasteiger partial charge in [-0.2, -0.15) is 5.26 Å². The molecule has 1 aromatic heterocycles. The Hall–Kier alpha value is -5.40. The number of nitrogens with two attached hydrogens (primary N) is 1. The summed E-state index contributed by atoms with van der Waals surface area (Å²) in [6, 6.07) is 22.2. The third kappa shape index (κ3) is 6.44. The molecule has 4 atom stereocenters. The number of hydrogen-bond donors (Lipinski definition) is 1. The van der Waals surface area contributed by atoms with Gasteiger partial charge < -0.3 is 29.1 Å². The van der Waals surface area contributed by atoms with Crippen LogP contribution in [0.1, 0.15) is 72.1 Å². The summed E-state index contributed by atoms with van der Waals surface area (Å²) in [4.78, 5) is 40.0. The molecular formula is C35H32N2O8. The number of hydrogen-bond acceptors (Lipinski definition) is 10. The number of nitrogen functional groups attached to an aromatic ring is 1. The smallest absolute Gasteiger partial charge is 0.338 e. The summed E-state index contributed by atoms with van der Waals surface area (Å²) in [6.07, 6.45) is -2.36. The van der Waals surface area contributed by atoms with Crippen LogP contribution in [0.4, 0.5) is 5.69 Å². The number of rotatable bonds is 8. The van der Waals surface area contributed by atoms with Crippen molar-refractivity contribution in [2.75, 3.05) is 12.3 Å². The van der Waals surface area contributed by atoms with Crippen LogP contribution in [0.2, 0.25) is 0 Å². The summed E-state index contributed by atoms with van der Waals surface area (Å²) in [5, 5.41) is 9.48. The summed E-state index contributed by atoms with van der Waals surface area (Å²) >= 11 is 0. The average Bonchev–Trinajstić information content (AvgIpc) is 3.52. The fraction of sp³-hybridized carbons (Fsp3) is 0.257. The fourth-order valence-electron chi connectivity index (χ4n) is 5.13. The van der Waals surface area contributed by atoms with Gasteiger partial charge in [0.25, 0.3) is 0 Å². The molecule has 0 saturated carbocycles. The Bertz CT molecular complexity index is 1750. The number of carbonyl (C=O) groups is 3. The molecule has 3 aromatic carbocycles. The maximum absolute atomic E-state index is 13.6. The van der Waals surface area contributed by atoms with Crippen LogP contribution < -0.4 is 5.73 Å². The number of carbonyl (C=O) groups excluding carboxylic acids is 3. The SMILES string of the molecule is Cc1ccc(C(=O)OCC2O[C@@H](c3coc(C#N)c3N)[C@](C)(OC(=O)c3ccc(C)cc3)[C@@H]2OC(=O)c2ccc(C)cc2)cc1. The Kier molecular flexibility index (Phi) is 8.75. The van der Waals surface area contributed by atoms with Crippen molar-refractivity contribution in [1.29, 1.82) is 5.26 Å². The van der Waals surface area contributed by atoms with Gasteiger partial charge in [0, 0.05) is 5.56 Å². The van der Waals surface area contributed by atoms with E-state index in [0.717, 1.165) is 16.7 Å². The summed E-state index contributed by atoms with van der Waals surface area (Å²) in [5.41, 5.74) is 8.36. The molecule has 0 amide bonds. The Balaban J connectivity index is 1.54. The second-order valence-corrected chi connectivity index (χ2v) is 11.2. The topological polar surface area (TPSA) is 151 Å². The highest BCUT2D eigenvalue weighted by Gasteiger charge is 2.60. The normalized spacial score (nSPS) is 20.6. The molecule has 1 aliphatic rings. The second kappa shape index (κ2) is 12.7. The molecule has 0 spiro atoms. The van der Waals surface area contributed by atoms with E-state index in [1.807, 2.05) is 26.8 Å². The molecule has 10 heteroatoms. The predicted octanol–water partition coefficient (Wildman–Crippen LogP) is 5.80. The van der Waals surface area contributed by atoms with Gasteiger partial charge in [-0.15, -0.1) is 0 Å². The van der Waals surface area contributed by atoms with E-state index >= 15 is 0 Å². The van der Waals surface area contributed by atoms with Crippen molar-refractivity contribution in [3.63, 3.8) is 0 Å². The molecule has 0 aliphatic carbocycles. The molecule has 5 rings (SSSR count). The van der Waals surface area contributed by atoms with Gasteiger partial charge in [0.05, 0.1) is 22.4 Å². The van der Waals surface area contributed by atoms with E-state index in [1.54, 1.807) is 72.8 Å². The number of nitrogens with zero attached hydrogens (tertiary/aromatic N) is 1. The van der Waals surface area contributed by atoms with Crippen molar-refractivity contribution >= 4 is 23.6 Å². The van der Waals surface area contributed by atoms with Crippen molar-refractivity contribution in [2.24, 2.45) is 0 Å². The van der Waals surface area contributed by atoms with Gasteiger partial charge in [0.2, 0.25) is 5.76 Å². The van der Waals surface area contributed by atoms with E-state index in [1.165, 1.54) is 13.2 Å². The van der Waals surface area contributed by atoms with Crippen LogP contribution in [0.3, 0.4) is 0 Å². The van der Waals surface area contributed by atoms with Crippen molar-refractivity contribution in [2.45, 2.75) is 51.6 Å². The van der Waals surface area contributed by atoms with Gasteiger partial charge in [-0.25, -0.2) is 14.4 Å². The number of ether oxygens (including phenoxy) is 4. The first-order valence-electron chi connectivity index (χ1n) is 14.2. The highest BCUT2D eigenvalue weighted by atomic mass is 16.7. The van der Waals surface area contributed by atoms with Crippen LogP contribution in [-0.4, -0.2) is 42.3 Å². The Morgan fingerprint density at radius 1 is 0.822 bits per heavy atom. The molecule has 0 bridgehead atoms. The van der Waals surface area contributed by atoms with Crippen molar-refractivity contribution in [1.82, 2.24) is 0 Å². The lowest BCUT2D eigenvalue weighted by molar-refractivity contribution is -0.0888. The lowest BCUT2D eigenvalue weighted by atomic mass is 9.88. The van der Waals surface area contributed by atoms with Gasteiger partial charge in [-0.1, -0.05) is 53.1 Å². The second-order valence-electron chi connectivity index (χ2n) is 11.2. The van der Waals surface area contributed by atoms with Crippen molar-refractivity contribution in [3.8, 4) is 6.07 Å². The van der Waals surface area contributed by atoms with Crippen LogP contribution in [0, 0.1) is 32.1 Å². The van der Waals surface area contributed by atoms with Gasteiger partial charge in [-0.05, 0) is 64.1 Å². The van der Waals surface area contributed by atoms with Crippen molar-refractivity contribution < 1.29 is 37.7 Å². The largest absolute Gasteiger partial charge is 0.459 e. The molecule has 1 aliphatic heterocycles. The lowest BCUT2D eigenvalue weighted by Gasteiger charge is -2.34. The molecule has 2 N–H and O–H groups in total. The molecule has 1 saturated heterocycles. The first-order chi connectivity index (χ1) is 21.5. The van der Waals surface area contributed by atoms with Crippen LogP contribution in [0.25, 0.3) is 0 Å². The number of nitriles is 1. The summed E-state index contributed by atoms with van der Waals surface area (Å²) in [7, 11) is 0. The highest BCUT2D eigenvalue weighted by Crippen LogP contribution is 2.48. The molecule has 1 unspecified atom stereocenters. The first kappa shape index (κ1) is 31.0. The quantitative estimate of drug-likeness (QED) is 0.192. The van der Waals surface area contributed by atoms with Crippen molar-refractivity contribution in [3.05, 3.63) is 124 Å². The van der Waals surface area contributed by atoms with Gasteiger partial charge in [0.1, 0.15) is 31.1 Å². The molecule has 0 radical (unpaired) electrons. The van der Waals surface area contributed by atoms with E-state index in [0.29, 0.717) is 5.56 Å². The summed E-state index contributed by atoms with van der Waals surface area (Å²) < 4.78 is 29.5. The minimum Gasteiger partial charge on any atom is -0.459 e. The van der Waals surface area contributed by atoms with E-state index in [9.17, 15) is 19.6 Å². The highest BCUT2D eigenvalue weighted by molar-refractivity contribution is 5.91. The van der Waals surface area contributed by atoms with Crippen LogP contribution in [0.5, 0.6) is 0 Å². The molecule has 230 valence electrons. The standard InChI is InChI=1S/C35H32N2O8/c1-20-5-11-23(12-6-20)32(38)42-19-28-31(44-33(39)24-13-7-21(2)8-14-24)35(4,45-34(40)25-15-9-22(3)10-16-25)30(43-28)26-18-41-27(17-36)29(26)37/h5-16,18,28,30-31H,19,37H2,1-4H3/t28?,30-,31+,35-/m0/s1. The fourth-order valence-corrected chi connectivity index (χ4v) is 5.13. The third-order valence-electron chi connectivity index (χ3n) is 7.76. The van der Waals surface area contributed by atoms with E-state index in [4.69, 9.17) is 29.1 Å². The summed E-state index contributed by atoms with van der Waals surface area (Å²) in [6.45, 7) is 6.84. The van der Waals surface area contributed by atoms with E-state index in [2.05, 4.69) is 0 Å². The molecule has 10 nitrogen and oxygen atoms in total. The van der Waals surface area contributed by atoms with Gasteiger partial charge >= 0.3 is 17.9 Å². The molecule has 2 heterocycles. The number of anilines is 1. The number of benzene rings is 3. The Morgan fingerprint density at radius 3 is 1.80 bits per heavy atom. The molecule has 1 fully saturated rings. The average molecular weight is 609 g/mol. The molecule has 4 aromatic rings. The number of esters is 3. The molecular weight excluding hydrogens is 576 g/mol. The lowest BCUT2D eigenvalue weighted by Crippen LogP contribution is -2.49. The zero-order valence-corrected chi connectivity index (χ0v) is 25.2. The first-order valence-corrected chi connectivity index (χ1v) is 14.2. The molecule has 45 heavy (non-hydrogen) atoms. The maximum atomic E-state index is 13.6. The van der Waals surface area contributed by atoms with E-state index in [-0.39, 0.29) is 34.7 Å².